The van der Waals surface area contributed by atoms with E-state index in [0.717, 1.165) is 71.1 Å². The van der Waals surface area contributed by atoms with Crippen molar-refractivity contribution in [3.63, 3.8) is 0 Å². The lowest BCUT2D eigenvalue weighted by Crippen LogP contribution is -2.10. The van der Waals surface area contributed by atoms with Crippen LogP contribution in [0.1, 0.15) is 6.85 Å². The maximum atomic E-state index is 8.94. The van der Waals surface area contributed by atoms with Gasteiger partial charge in [0.2, 0.25) is 11.9 Å². The van der Waals surface area contributed by atoms with Gasteiger partial charge in [0.25, 0.3) is 0 Å². The van der Waals surface area contributed by atoms with E-state index in [2.05, 4.69) is 65.2 Å². The fourth-order valence-electron chi connectivity index (χ4n) is 7.67. The third kappa shape index (κ3) is 4.07. The van der Waals surface area contributed by atoms with Gasteiger partial charge in [0.15, 0.2) is 5.82 Å². The molecule has 0 fully saturated rings. The lowest BCUT2D eigenvalue weighted by Gasteiger charge is -2.12. The van der Waals surface area contributed by atoms with Crippen LogP contribution in [0.4, 0.5) is 0 Å². The molecule has 0 N–H and O–H groups in total. The van der Waals surface area contributed by atoms with Crippen molar-refractivity contribution in [2.24, 2.45) is 0 Å². The zero-order chi connectivity index (χ0) is 37.8. The van der Waals surface area contributed by atoms with Crippen molar-refractivity contribution in [2.45, 2.75) is 0 Å². The molecule has 7 aromatic carbocycles. The van der Waals surface area contributed by atoms with Crippen LogP contribution in [0.2, 0.25) is 0 Å². The first-order valence-corrected chi connectivity index (χ1v) is 16.7. The predicted molar refractivity (Wildman–Crippen MR) is 208 cm³/mol. The Morgan fingerprint density at radius 1 is 0.373 bits per heavy atom. The second-order valence-corrected chi connectivity index (χ2v) is 12.6. The maximum absolute atomic E-state index is 8.94. The first-order chi connectivity index (χ1) is 27.4. The normalized spacial score (nSPS) is 13.3. The highest BCUT2D eigenvalue weighted by Gasteiger charge is 2.22. The van der Waals surface area contributed by atoms with E-state index in [9.17, 15) is 0 Å². The van der Waals surface area contributed by atoms with Gasteiger partial charge in [-0.15, -0.1) is 0 Å². The zero-order valence-electron chi connectivity index (χ0n) is 32.0. The summed E-state index contributed by atoms with van der Waals surface area (Å²) >= 11 is 0. The SMILES string of the molecule is [2H]c1c([2H])c([2H])c(-c2nc(-n3c4ccccc4c4ccccc43)nc(-n3c4ccccc4c4cc5c(cc43)c3ccccc3n5-c3ccccc3)n2)c([2H])c1[2H]. The number of hydrogen-bond donors (Lipinski definition) is 0. The van der Waals surface area contributed by atoms with Crippen LogP contribution < -0.4 is 0 Å². The van der Waals surface area contributed by atoms with E-state index in [0.29, 0.717) is 0 Å². The molecule has 0 aliphatic rings. The van der Waals surface area contributed by atoms with Crippen molar-refractivity contribution in [3.05, 3.63) is 170 Å². The van der Waals surface area contributed by atoms with Gasteiger partial charge in [-0.2, -0.15) is 15.0 Å². The molecule has 0 atom stereocenters. The van der Waals surface area contributed by atoms with Gasteiger partial charge >= 0.3 is 0 Å². The molecule has 0 bridgehead atoms. The topological polar surface area (TPSA) is 53.5 Å². The molecule has 0 spiro atoms. The molecule has 0 aliphatic heterocycles. The quantitative estimate of drug-likeness (QED) is 0.189. The number of rotatable bonds is 4. The molecule has 51 heavy (non-hydrogen) atoms. The molecular formula is C45H28N6. The number of nitrogens with zero attached hydrogens (tertiary/aromatic N) is 6. The van der Waals surface area contributed by atoms with Crippen LogP contribution >= 0.6 is 0 Å². The van der Waals surface area contributed by atoms with Crippen LogP contribution in [0.15, 0.2) is 170 Å². The van der Waals surface area contributed by atoms with E-state index in [1.165, 1.54) is 0 Å². The molecule has 6 heteroatoms. The largest absolute Gasteiger partial charge is 0.309 e. The summed E-state index contributed by atoms with van der Waals surface area (Å²) in [6, 6.07) is 45.0. The van der Waals surface area contributed by atoms with Crippen LogP contribution in [-0.2, 0) is 0 Å². The van der Waals surface area contributed by atoms with Crippen LogP contribution in [-0.4, -0.2) is 28.7 Å². The number of benzene rings is 7. The first-order valence-electron chi connectivity index (χ1n) is 19.2. The van der Waals surface area contributed by atoms with E-state index in [-0.39, 0.29) is 35.4 Å². The summed E-state index contributed by atoms with van der Waals surface area (Å²) in [4.78, 5) is 15.1. The van der Waals surface area contributed by atoms with Crippen molar-refractivity contribution in [1.82, 2.24) is 28.7 Å². The van der Waals surface area contributed by atoms with Crippen molar-refractivity contribution < 1.29 is 6.85 Å². The molecule has 11 aromatic rings. The summed E-state index contributed by atoms with van der Waals surface area (Å²) < 4.78 is 49.4. The Kier molecular flexibility index (Phi) is 4.91. The first kappa shape index (κ1) is 23.3. The second-order valence-electron chi connectivity index (χ2n) is 12.6. The van der Waals surface area contributed by atoms with Crippen LogP contribution in [0.25, 0.3) is 94.4 Å². The Bertz CT molecular complexity index is 3360. The molecule has 0 saturated carbocycles. The van der Waals surface area contributed by atoms with Gasteiger partial charge in [-0.25, -0.2) is 0 Å². The molecule has 0 amide bonds. The fourth-order valence-corrected chi connectivity index (χ4v) is 7.67. The zero-order valence-corrected chi connectivity index (χ0v) is 27.0. The lowest BCUT2D eigenvalue weighted by molar-refractivity contribution is 0.893. The van der Waals surface area contributed by atoms with Crippen LogP contribution in [0, 0.1) is 0 Å². The van der Waals surface area contributed by atoms with Gasteiger partial charge < -0.3 is 4.57 Å². The number of fused-ring (bicyclic) bond motifs is 9. The van der Waals surface area contributed by atoms with Gasteiger partial charge in [-0.05, 0) is 48.5 Å². The molecule has 4 heterocycles. The Labute approximate surface area is 299 Å². The highest BCUT2D eigenvalue weighted by atomic mass is 15.3. The van der Waals surface area contributed by atoms with E-state index in [1.54, 1.807) is 0 Å². The number of aromatic nitrogens is 6. The Morgan fingerprint density at radius 2 is 0.784 bits per heavy atom. The van der Waals surface area contributed by atoms with Gasteiger partial charge in [0.05, 0.1) is 40.0 Å². The van der Waals surface area contributed by atoms with Crippen LogP contribution in [0.5, 0.6) is 0 Å². The summed E-state index contributed by atoms with van der Waals surface area (Å²) in [5, 5.41) is 6.11. The van der Waals surface area contributed by atoms with Crippen molar-refractivity contribution in [2.75, 3.05) is 0 Å². The van der Waals surface area contributed by atoms with Gasteiger partial charge in [-0.3, -0.25) is 9.13 Å². The molecule has 0 saturated heterocycles. The van der Waals surface area contributed by atoms with E-state index >= 15 is 0 Å². The smallest absolute Gasteiger partial charge is 0.240 e. The highest BCUT2D eigenvalue weighted by Crippen LogP contribution is 2.40. The van der Waals surface area contributed by atoms with Crippen molar-refractivity contribution >= 4 is 65.4 Å². The third-order valence-corrected chi connectivity index (χ3v) is 9.80. The minimum absolute atomic E-state index is 0.0310. The average Bonchev–Trinajstić information content (AvgIpc) is 3.87. The predicted octanol–water partition coefficient (Wildman–Crippen LogP) is 10.8. The van der Waals surface area contributed by atoms with E-state index < -0.39 is 18.1 Å². The maximum Gasteiger partial charge on any atom is 0.240 e. The summed E-state index contributed by atoms with van der Waals surface area (Å²) in [7, 11) is 0. The summed E-state index contributed by atoms with van der Waals surface area (Å²) in [5.74, 6) is 0.467. The fraction of sp³-hybridized carbons (Fsp3) is 0. The minimum Gasteiger partial charge on any atom is -0.309 e. The van der Waals surface area contributed by atoms with Gasteiger partial charge in [0, 0.05) is 43.6 Å². The summed E-state index contributed by atoms with van der Waals surface area (Å²) in [5.41, 5.74) is 6.49. The molecule has 4 aromatic heterocycles. The minimum atomic E-state index is -0.485. The Morgan fingerprint density at radius 3 is 1.31 bits per heavy atom. The molecule has 0 aliphatic carbocycles. The van der Waals surface area contributed by atoms with E-state index in [1.807, 2.05) is 88.0 Å². The molecule has 0 unspecified atom stereocenters. The standard InChI is InChI=1S/C45H28N6/c1-3-15-29(16-4-1)43-46-44(50-38-24-12-7-19-31(38)32-20-8-13-25-39(32)50)48-45(47-43)51-40-26-14-10-22-34(40)36-27-41-35(28-42(36)51)33-21-9-11-23-37(33)49(41)30-17-5-2-6-18-30/h1-28H/i1D,3D,4D,15D,16D. The van der Waals surface area contributed by atoms with E-state index in [4.69, 9.17) is 21.8 Å². The third-order valence-electron chi connectivity index (χ3n) is 9.80. The monoisotopic (exact) mass is 657 g/mol. The van der Waals surface area contributed by atoms with Crippen LogP contribution in [0.3, 0.4) is 0 Å². The number of para-hydroxylation sites is 5. The molecule has 238 valence electrons. The van der Waals surface area contributed by atoms with Crippen molar-refractivity contribution in [3.8, 4) is 29.0 Å². The number of hydrogen-bond acceptors (Lipinski definition) is 3. The average molecular weight is 658 g/mol. The molecule has 11 rings (SSSR count). The van der Waals surface area contributed by atoms with Gasteiger partial charge in [-0.1, -0.05) is 121 Å². The molecule has 0 radical (unpaired) electrons. The Balaban J connectivity index is 1.29. The Hall–Kier alpha value is -7.05. The van der Waals surface area contributed by atoms with Gasteiger partial charge in [0.1, 0.15) is 0 Å². The highest BCUT2D eigenvalue weighted by molar-refractivity contribution is 6.19. The summed E-state index contributed by atoms with van der Waals surface area (Å²) in [6.45, 7) is 0. The van der Waals surface area contributed by atoms with Crippen molar-refractivity contribution in [1.29, 1.82) is 0 Å². The lowest BCUT2D eigenvalue weighted by atomic mass is 10.1. The molecular weight excluding hydrogens is 625 g/mol. The molecule has 6 nitrogen and oxygen atoms in total. The summed E-state index contributed by atoms with van der Waals surface area (Å²) in [6.07, 6.45) is 0. The second kappa shape index (κ2) is 10.7.